The first-order chi connectivity index (χ1) is 7.34. The molecule has 0 aromatic rings. The second-order valence-electron chi connectivity index (χ2n) is 4.62. The molecular weight excluding hydrogens is 207 g/mol. The van der Waals surface area contributed by atoms with E-state index >= 15 is 0 Å². The van der Waals surface area contributed by atoms with Gasteiger partial charge >= 0.3 is 0 Å². The van der Waals surface area contributed by atoms with Gasteiger partial charge in [-0.15, -0.1) is 0 Å². The van der Waals surface area contributed by atoms with E-state index in [1.54, 1.807) is 0 Å². The van der Waals surface area contributed by atoms with E-state index in [-0.39, 0.29) is 0 Å². The second-order valence-corrected chi connectivity index (χ2v) is 7.33. The Labute approximate surface area is 95.1 Å². The van der Waals surface area contributed by atoms with Crippen LogP contribution in [-0.4, -0.2) is 21.4 Å². The van der Waals surface area contributed by atoms with Crippen LogP contribution >= 0.6 is 0 Å². The topological polar surface area (TPSA) is 9.23 Å². The summed E-state index contributed by atoms with van der Waals surface area (Å²) >= 11 is 0. The summed E-state index contributed by atoms with van der Waals surface area (Å²) in [4.78, 5) is 0. The Morgan fingerprint density at radius 2 is 2.00 bits per heavy atom. The van der Waals surface area contributed by atoms with E-state index in [0.717, 1.165) is 31.9 Å². The van der Waals surface area contributed by atoms with Crippen LogP contribution in [0, 0.1) is 0 Å². The van der Waals surface area contributed by atoms with Gasteiger partial charge in [-0.3, -0.25) is 0 Å². The minimum Gasteiger partial charge on any atom is -0.417 e. The van der Waals surface area contributed by atoms with Gasteiger partial charge in [0.1, 0.15) is 5.79 Å². The molecule has 1 heterocycles. The largest absolute Gasteiger partial charge is 0.417 e. The second kappa shape index (κ2) is 8.28. The normalized spacial score (nSPS) is 24.0. The molecule has 0 amide bonds. The highest BCUT2D eigenvalue weighted by atomic mass is 28.3. The van der Waals surface area contributed by atoms with Gasteiger partial charge in [-0.05, 0) is 18.9 Å². The minimum atomic E-state index is -1.45. The highest BCUT2D eigenvalue weighted by Crippen LogP contribution is 2.19. The summed E-state index contributed by atoms with van der Waals surface area (Å²) < 4.78 is 19.3. The third-order valence-corrected chi connectivity index (χ3v) is 5.98. The smallest absolute Gasteiger partial charge is 0.211 e. The van der Waals surface area contributed by atoms with Gasteiger partial charge in [-0.25, -0.2) is 4.39 Å². The predicted octanol–water partition coefficient (Wildman–Crippen LogP) is 3.76. The summed E-state index contributed by atoms with van der Waals surface area (Å²) in [6.45, 7) is 3.04. The summed E-state index contributed by atoms with van der Waals surface area (Å²) in [6.07, 6.45) is 9.22. The summed E-state index contributed by atoms with van der Waals surface area (Å²) in [7, 11) is -1.45. The van der Waals surface area contributed by atoms with Crippen LogP contribution in [0.4, 0.5) is 4.39 Å². The van der Waals surface area contributed by atoms with Crippen LogP contribution in [0.15, 0.2) is 0 Å². The van der Waals surface area contributed by atoms with Gasteiger partial charge in [-0.1, -0.05) is 45.4 Å². The Morgan fingerprint density at radius 3 is 2.67 bits per heavy atom. The van der Waals surface area contributed by atoms with E-state index in [0.29, 0.717) is 0 Å². The third-order valence-electron chi connectivity index (χ3n) is 3.20. The fourth-order valence-electron chi connectivity index (χ4n) is 2.18. The van der Waals surface area contributed by atoms with E-state index in [4.69, 9.17) is 4.43 Å². The lowest BCUT2D eigenvalue weighted by molar-refractivity contribution is 0.247. The van der Waals surface area contributed by atoms with Crippen molar-refractivity contribution < 1.29 is 8.82 Å². The first-order valence-corrected chi connectivity index (χ1v) is 8.55. The number of unbranched alkanes of at least 4 members (excludes halogenated alkanes) is 4. The average molecular weight is 232 g/mol. The highest BCUT2D eigenvalue weighted by Gasteiger charge is 2.25. The Morgan fingerprint density at radius 1 is 1.20 bits per heavy atom. The lowest BCUT2D eigenvalue weighted by atomic mass is 10.1. The van der Waals surface area contributed by atoms with E-state index in [1.807, 2.05) is 0 Å². The zero-order valence-corrected chi connectivity index (χ0v) is 11.2. The molecule has 0 bridgehead atoms. The van der Waals surface area contributed by atoms with Gasteiger partial charge in [0.25, 0.3) is 0 Å². The summed E-state index contributed by atoms with van der Waals surface area (Å²) in [6, 6.07) is 1.07. The van der Waals surface area contributed by atoms with Crippen molar-refractivity contribution in [3.63, 3.8) is 0 Å². The Bertz CT molecular complexity index is 149. The van der Waals surface area contributed by atoms with Gasteiger partial charge in [0.2, 0.25) is 9.04 Å². The summed E-state index contributed by atoms with van der Waals surface area (Å²) in [5.41, 5.74) is 0. The number of hydrogen-bond acceptors (Lipinski definition) is 1. The summed E-state index contributed by atoms with van der Waals surface area (Å²) in [5.74, 6) is -0.577. The fourth-order valence-corrected chi connectivity index (χ4v) is 4.68. The Balaban J connectivity index is 1.99. The molecule has 0 aromatic heterocycles. The lowest BCUT2D eigenvalue weighted by Crippen LogP contribution is -2.34. The van der Waals surface area contributed by atoms with Crippen LogP contribution in [-0.2, 0) is 4.43 Å². The molecule has 0 aromatic carbocycles. The van der Waals surface area contributed by atoms with Gasteiger partial charge in [0, 0.05) is 6.61 Å². The average Bonchev–Trinajstić information content (AvgIpc) is 2.30. The van der Waals surface area contributed by atoms with Crippen LogP contribution in [0.2, 0.25) is 6.04 Å². The molecule has 1 aliphatic heterocycles. The maximum Gasteiger partial charge on any atom is 0.211 e. The number of alkyl halides is 1. The van der Waals surface area contributed by atoms with Crippen molar-refractivity contribution in [1.29, 1.82) is 0 Å². The molecule has 0 radical (unpaired) electrons. The maximum atomic E-state index is 13.7. The molecule has 3 heteroatoms. The van der Waals surface area contributed by atoms with Crippen LogP contribution in [0.25, 0.3) is 0 Å². The molecule has 2 atom stereocenters. The van der Waals surface area contributed by atoms with Crippen molar-refractivity contribution >= 4 is 9.04 Å². The number of rotatable bonds is 7. The lowest BCUT2D eigenvalue weighted by Gasteiger charge is -2.24. The first kappa shape index (κ1) is 13.2. The number of halogens is 1. The van der Waals surface area contributed by atoms with Gasteiger partial charge in [-0.2, -0.15) is 0 Å². The molecule has 0 saturated carbocycles. The monoisotopic (exact) mass is 232 g/mol. The van der Waals surface area contributed by atoms with Crippen molar-refractivity contribution in [2.75, 3.05) is 6.61 Å². The minimum absolute atomic E-state index is 0.577. The third kappa shape index (κ3) is 5.66. The standard InChI is InChI=1S/C12H25FOSi/c1-2-3-4-5-6-9-12(13)15-11-8-7-10-14-15/h12,15H,2-11H2,1H3. The SMILES string of the molecule is CCCCCCCC(F)[SiH]1CCCCO1. The molecule has 1 fully saturated rings. The van der Waals surface area contributed by atoms with Crippen molar-refractivity contribution in [2.45, 2.75) is 70.1 Å². The quantitative estimate of drug-likeness (QED) is 0.480. The molecule has 1 aliphatic rings. The molecule has 0 spiro atoms. The first-order valence-electron chi connectivity index (χ1n) is 6.60. The molecule has 1 saturated heterocycles. The van der Waals surface area contributed by atoms with Gasteiger partial charge in [0.05, 0.1) is 0 Å². The molecule has 90 valence electrons. The Hall–Kier alpha value is 0.107. The maximum absolute atomic E-state index is 13.7. The van der Waals surface area contributed by atoms with E-state index in [1.165, 1.54) is 32.1 Å². The molecule has 0 N–H and O–H groups in total. The highest BCUT2D eigenvalue weighted by molar-refractivity contribution is 6.53. The molecule has 1 rings (SSSR count). The van der Waals surface area contributed by atoms with Crippen LogP contribution in [0.1, 0.15) is 58.3 Å². The van der Waals surface area contributed by atoms with E-state index in [2.05, 4.69) is 6.92 Å². The van der Waals surface area contributed by atoms with Crippen LogP contribution in [0.3, 0.4) is 0 Å². The fraction of sp³-hybridized carbons (Fsp3) is 1.00. The zero-order chi connectivity index (χ0) is 10.9. The molecule has 2 unspecified atom stereocenters. The molecule has 15 heavy (non-hydrogen) atoms. The van der Waals surface area contributed by atoms with Gasteiger partial charge in [0.15, 0.2) is 0 Å². The molecule has 0 aliphatic carbocycles. The van der Waals surface area contributed by atoms with E-state index in [9.17, 15) is 4.39 Å². The molecular formula is C12H25FOSi. The number of hydrogen-bond donors (Lipinski definition) is 0. The molecule has 1 nitrogen and oxygen atoms in total. The van der Waals surface area contributed by atoms with Crippen molar-refractivity contribution in [1.82, 2.24) is 0 Å². The summed E-state index contributed by atoms with van der Waals surface area (Å²) in [5, 5.41) is 0. The zero-order valence-electron chi connectivity index (χ0n) is 10.0. The van der Waals surface area contributed by atoms with E-state index < -0.39 is 14.8 Å². The van der Waals surface area contributed by atoms with Crippen molar-refractivity contribution in [3.05, 3.63) is 0 Å². The van der Waals surface area contributed by atoms with Gasteiger partial charge < -0.3 is 4.43 Å². The van der Waals surface area contributed by atoms with Crippen molar-refractivity contribution in [2.24, 2.45) is 0 Å². The van der Waals surface area contributed by atoms with Crippen molar-refractivity contribution in [3.8, 4) is 0 Å². The Kier molecular flexibility index (Phi) is 7.27. The van der Waals surface area contributed by atoms with Crippen LogP contribution < -0.4 is 0 Å². The van der Waals surface area contributed by atoms with Crippen LogP contribution in [0.5, 0.6) is 0 Å². The predicted molar refractivity (Wildman–Crippen MR) is 65.4 cm³/mol.